The lowest BCUT2D eigenvalue weighted by Crippen LogP contribution is -2.37. The summed E-state index contributed by atoms with van der Waals surface area (Å²) in [4.78, 5) is 13.0. The highest BCUT2D eigenvalue weighted by Gasteiger charge is 2.19. The molecule has 0 amide bonds. The summed E-state index contributed by atoms with van der Waals surface area (Å²) in [6.07, 6.45) is 5.59. The van der Waals surface area contributed by atoms with Crippen LogP contribution in [0.2, 0.25) is 0 Å². The number of halogens is 1. The van der Waals surface area contributed by atoms with E-state index in [1.165, 1.54) is 5.56 Å². The van der Waals surface area contributed by atoms with E-state index >= 15 is 0 Å². The van der Waals surface area contributed by atoms with Crippen molar-refractivity contribution in [3.63, 3.8) is 0 Å². The minimum atomic E-state index is -0.0546. The average molecular weight is 508 g/mol. The van der Waals surface area contributed by atoms with Gasteiger partial charge in [0.1, 0.15) is 11.6 Å². The van der Waals surface area contributed by atoms with Crippen molar-refractivity contribution in [2.45, 2.75) is 45.8 Å². The van der Waals surface area contributed by atoms with Gasteiger partial charge >= 0.3 is 0 Å². The fourth-order valence-electron chi connectivity index (χ4n) is 2.71. The molecule has 0 saturated heterocycles. The number of oxazole rings is 1. The number of rotatable bonds is 6. The van der Waals surface area contributed by atoms with Gasteiger partial charge in [0, 0.05) is 31.4 Å². The molecule has 0 radical (unpaired) electrons. The molecule has 0 atom stereocenters. The second-order valence-corrected chi connectivity index (χ2v) is 7.60. The second kappa shape index (κ2) is 10.4. The lowest BCUT2D eigenvalue weighted by Gasteiger charge is -2.14. The fourth-order valence-corrected chi connectivity index (χ4v) is 2.71. The topological polar surface area (TPSA) is 80.3 Å². The monoisotopic (exact) mass is 508 g/mol. The first-order valence-electron chi connectivity index (χ1n) is 9.39. The summed E-state index contributed by atoms with van der Waals surface area (Å²) in [5, 5.41) is 6.52. The van der Waals surface area contributed by atoms with Crippen LogP contribution in [0.4, 0.5) is 0 Å². The van der Waals surface area contributed by atoms with E-state index in [1.807, 2.05) is 30.6 Å². The molecule has 29 heavy (non-hydrogen) atoms. The van der Waals surface area contributed by atoms with E-state index in [9.17, 15) is 0 Å². The largest absolute Gasteiger partial charge is 0.443 e. The van der Waals surface area contributed by atoms with E-state index in [0.29, 0.717) is 24.9 Å². The lowest BCUT2D eigenvalue weighted by atomic mass is 9.94. The van der Waals surface area contributed by atoms with Crippen LogP contribution < -0.4 is 10.6 Å². The minimum absolute atomic E-state index is 0. The van der Waals surface area contributed by atoms with Gasteiger partial charge in [-0.15, -0.1) is 24.0 Å². The van der Waals surface area contributed by atoms with Gasteiger partial charge in [-0.1, -0.05) is 51.1 Å². The first kappa shape index (κ1) is 22.9. The molecule has 0 aliphatic heterocycles. The Bertz CT molecular complexity index is 911. The minimum Gasteiger partial charge on any atom is -0.443 e. The van der Waals surface area contributed by atoms with Crippen LogP contribution in [0.5, 0.6) is 0 Å². The van der Waals surface area contributed by atoms with Gasteiger partial charge in [0.15, 0.2) is 5.96 Å². The summed E-state index contributed by atoms with van der Waals surface area (Å²) >= 11 is 0. The molecule has 3 rings (SSSR count). The SMILES string of the molecule is CN=C(NCc1ncc(C(C)(C)C)o1)NCc1nccn1Cc1ccccc1.I. The molecule has 2 N–H and O–H groups in total. The van der Waals surface area contributed by atoms with Crippen LogP contribution in [0, 0.1) is 0 Å². The number of nitrogens with one attached hydrogen (secondary N) is 2. The van der Waals surface area contributed by atoms with Gasteiger partial charge in [-0.3, -0.25) is 4.99 Å². The maximum atomic E-state index is 5.81. The third kappa shape index (κ3) is 6.59. The van der Waals surface area contributed by atoms with Gasteiger partial charge in [0.05, 0.1) is 19.3 Å². The molecular formula is C21H29IN6O. The van der Waals surface area contributed by atoms with E-state index in [1.54, 1.807) is 13.2 Å². The zero-order valence-electron chi connectivity index (χ0n) is 17.3. The molecule has 0 bridgehead atoms. The molecule has 0 fully saturated rings. The Labute approximate surface area is 189 Å². The van der Waals surface area contributed by atoms with Crippen LogP contribution >= 0.6 is 24.0 Å². The molecule has 156 valence electrons. The summed E-state index contributed by atoms with van der Waals surface area (Å²) in [5.74, 6) is 3.12. The summed E-state index contributed by atoms with van der Waals surface area (Å²) in [5.41, 5.74) is 1.18. The maximum Gasteiger partial charge on any atom is 0.213 e. The molecular weight excluding hydrogens is 479 g/mol. The number of hydrogen-bond acceptors (Lipinski definition) is 4. The zero-order valence-corrected chi connectivity index (χ0v) is 19.7. The molecule has 1 aromatic carbocycles. The third-order valence-electron chi connectivity index (χ3n) is 4.33. The number of imidazole rings is 1. The van der Waals surface area contributed by atoms with E-state index < -0.39 is 0 Å². The van der Waals surface area contributed by atoms with Gasteiger partial charge in [0.25, 0.3) is 0 Å². The summed E-state index contributed by atoms with van der Waals surface area (Å²) in [6.45, 7) is 8.12. The van der Waals surface area contributed by atoms with Crippen molar-refractivity contribution in [1.29, 1.82) is 0 Å². The Morgan fingerprint density at radius 1 is 1.10 bits per heavy atom. The third-order valence-corrected chi connectivity index (χ3v) is 4.33. The molecule has 8 heteroatoms. The maximum absolute atomic E-state index is 5.81. The predicted octanol–water partition coefficient (Wildman–Crippen LogP) is 3.70. The molecule has 0 saturated carbocycles. The van der Waals surface area contributed by atoms with Crippen LogP contribution in [-0.2, 0) is 25.0 Å². The second-order valence-electron chi connectivity index (χ2n) is 7.60. The Balaban J connectivity index is 0.00000300. The zero-order chi connectivity index (χ0) is 20.0. The Hall–Kier alpha value is -2.36. The van der Waals surface area contributed by atoms with Gasteiger partial charge in [-0.25, -0.2) is 9.97 Å². The summed E-state index contributed by atoms with van der Waals surface area (Å²) < 4.78 is 7.93. The van der Waals surface area contributed by atoms with Gasteiger partial charge in [0.2, 0.25) is 5.89 Å². The van der Waals surface area contributed by atoms with Crippen molar-refractivity contribution >= 4 is 29.9 Å². The average Bonchev–Trinajstić information content (AvgIpc) is 3.32. The normalized spacial score (nSPS) is 11.8. The van der Waals surface area contributed by atoms with Crippen LogP contribution in [0.1, 0.15) is 43.8 Å². The van der Waals surface area contributed by atoms with E-state index in [4.69, 9.17) is 4.42 Å². The Morgan fingerprint density at radius 3 is 2.48 bits per heavy atom. The lowest BCUT2D eigenvalue weighted by molar-refractivity contribution is 0.379. The van der Waals surface area contributed by atoms with Crippen LogP contribution in [-0.4, -0.2) is 27.5 Å². The van der Waals surface area contributed by atoms with Crippen LogP contribution in [0.3, 0.4) is 0 Å². The molecule has 2 aromatic heterocycles. The highest BCUT2D eigenvalue weighted by molar-refractivity contribution is 14.0. The van der Waals surface area contributed by atoms with Crippen molar-refractivity contribution in [3.8, 4) is 0 Å². The molecule has 7 nitrogen and oxygen atoms in total. The standard InChI is InChI=1S/C21H28N6O.HI/c1-21(2,3)17-12-24-19(28-17)14-26-20(22-4)25-13-18-23-10-11-27(18)15-16-8-6-5-7-9-16;/h5-12H,13-15H2,1-4H3,(H2,22,25,26);1H. The first-order chi connectivity index (χ1) is 13.5. The fraction of sp³-hybridized carbons (Fsp3) is 0.381. The molecule has 0 unspecified atom stereocenters. The van der Waals surface area contributed by atoms with Crippen molar-refractivity contribution in [2.24, 2.45) is 4.99 Å². The van der Waals surface area contributed by atoms with Crippen LogP contribution in [0.25, 0.3) is 0 Å². The van der Waals surface area contributed by atoms with Gasteiger partial charge in [-0.05, 0) is 5.56 Å². The van der Waals surface area contributed by atoms with Crippen molar-refractivity contribution in [3.05, 3.63) is 72.0 Å². The number of aromatic nitrogens is 3. The van der Waals surface area contributed by atoms with Crippen molar-refractivity contribution in [1.82, 2.24) is 25.2 Å². The van der Waals surface area contributed by atoms with E-state index in [2.05, 4.69) is 63.1 Å². The highest BCUT2D eigenvalue weighted by atomic mass is 127. The quantitative estimate of drug-likeness (QED) is 0.302. The number of aliphatic imine (C=N–C) groups is 1. The van der Waals surface area contributed by atoms with E-state index in [0.717, 1.165) is 18.1 Å². The highest BCUT2D eigenvalue weighted by Crippen LogP contribution is 2.22. The van der Waals surface area contributed by atoms with Gasteiger partial charge in [-0.2, -0.15) is 0 Å². The number of benzene rings is 1. The van der Waals surface area contributed by atoms with Gasteiger partial charge < -0.3 is 19.6 Å². The Kier molecular flexibility index (Phi) is 8.24. The van der Waals surface area contributed by atoms with Crippen LogP contribution in [0.15, 0.2) is 58.3 Å². The number of nitrogens with zero attached hydrogens (tertiary/aromatic N) is 4. The molecule has 0 aliphatic carbocycles. The molecule has 0 spiro atoms. The van der Waals surface area contributed by atoms with E-state index in [-0.39, 0.29) is 29.4 Å². The molecule has 0 aliphatic rings. The summed E-state index contributed by atoms with van der Waals surface area (Å²) in [6, 6.07) is 10.3. The Morgan fingerprint density at radius 2 is 1.83 bits per heavy atom. The predicted molar refractivity (Wildman–Crippen MR) is 125 cm³/mol. The molecule has 3 aromatic rings. The number of guanidine groups is 1. The van der Waals surface area contributed by atoms with Crippen molar-refractivity contribution in [2.75, 3.05) is 7.05 Å². The molecule has 2 heterocycles. The number of hydrogen-bond donors (Lipinski definition) is 2. The summed E-state index contributed by atoms with van der Waals surface area (Å²) in [7, 11) is 1.74. The van der Waals surface area contributed by atoms with Crippen molar-refractivity contribution < 1.29 is 4.42 Å². The smallest absolute Gasteiger partial charge is 0.213 e. The first-order valence-corrected chi connectivity index (χ1v) is 9.39.